The highest BCUT2D eigenvalue weighted by Crippen LogP contribution is 2.29. The van der Waals surface area contributed by atoms with Gasteiger partial charge in [0, 0.05) is 0 Å². The molecule has 0 spiro atoms. The average Bonchev–Trinajstić information content (AvgIpc) is 2.19. The molecular formula is C12H17NS. The predicted molar refractivity (Wildman–Crippen MR) is 63.6 cm³/mol. The molecular weight excluding hydrogens is 190 g/mol. The number of nitrogens with one attached hydrogen (secondary N) is 1. The van der Waals surface area contributed by atoms with Crippen molar-refractivity contribution in [1.82, 2.24) is 5.32 Å². The third-order valence-electron chi connectivity index (χ3n) is 2.62. The van der Waals surface area contributed by atoms with Crippen LogP contribution >= 0.6 is 11.8 Å². The van der Waals surface area contributed by atoms with Gasteiger partial charge in [-0.2, -0.15) is 0 Å². The van der Waals surface area contributed by atoms with Crippen molar-refractivity contribution in [3.05, 3.63) is 35.9 Å². The Hall–Kier alpha value is -0.470. The number of hydrogen-bond acceptors (Lipinski definition) is 2. The zero-order valence-corrected chi connectivity index (χ0v) is 9.44. The molecule has 1 saturated heterocycles. The molecule has 1 aliphatic heterocycles. The fourth-order valence-electron chi connectivity index (χ4n) is 1.87. The quantitative estimate of drug-likeness (QED) is 0.800. The first-order valence-corrected chi connectivity index (χ1v) is 6.20. The molecule has 1 aromatic carbocycles. The van der Waals surface area contributed by atoms with Crippen molar-refractivity contribution in [2.75, 3.05) is 12.3 Å². The molecule has 1 aromatic rings. The van der Waals surface area contributed by atoms with Crippen LogP contribution in [0.2, 0.25) is 0 Å². The molecule has 1 fully saturated rings. The molecule has 0 saturated carbocycles. The Morgan fingerprint density at radius 1 is 1.36 bits per heavy atom. The molecule has 76 valence electrons. The Balaban J connectivity index is 2.02. The highest BCUT2D eigenvalue weighted by Gasteiger charge is 2.26. The highest BCUT2D eigenvalue weighted by atomic mass is 32.2. The molecule has 2 rings (SSSR count). The van der Waals surface area contributed by atoms with Crippen LogP contribution in [-0.4, -0.2) is 17.2 Å². The van der Waals surface area contributed by atoms with Crippen molar-refractivity contribution >= 4 is 11.8 Å². The summed E-state index contributed by atoms with van der Waals surface area (Å²) >= 11 is 2.05. The maximum absolute atomic E-state index is 3.61. The SMILES string of the molecule is CC1(Cc2ccccc2)NCCCS1. The summed E-state index contributed by atoms with van der Waals surface area (Å²) in [6.07, 6.45) is 2.42. The molecule has 1 heterocycles. The second-order valence-electron chi connectivity index (χ2n) is 4.02. The van der Waals surface area contributed by atoms with Gasteiger partial charge in [-0.15, -0.1) is 11.8 Å². The zero-order chi connectivity index (χ0) is 9.86. The smallest absolute Gasteiger partial charge is 0.0657 e. The molecule has 0 amide bonds. The monoisotopic (exact) mass is 207 g/mol. The lowest BCUT2D eigenvalue weighted by Crippen LogP contribution is -2.45. The van der Waals surface area contributed by atoms with Gasteiger partial charge in [0.1, 0.15) is 0 Å². The van der Waals surface area contributed by atoms with E-state index in [1.54, 1.807) is 0 Å². The van der Waals surface area contributed by atoms with Gasteiger partial charge in [0.2, 0.25) is 0 Å². The van der Waals surface area contributed by atoms with E-state index >= 15 is 0 Å². The van der Waals surface area contributed by atoms with Crippen LogP contribution in [0.3, 0.4) is 0 Å². The van der Waals surface area contributed by atoms with E-state index < -0.39 is 0 Å². The van der Waals surface area contributed by atoms with Crippen molar-refractivity contribution in [3.63, 3.8) is 0 Å². The number of hydrogen-bond donors (Lipinski definition) is 1. The van der Waals surface area contributed by atoms with Gasteiger partial charge in [-0.3, -0.25) is 0 Å². The molecule has 0 bridgehead atoms. The average molecular weight is 207 g/mol. The minimum atomic E-state index is 0.250. The molecule has 1 aliphatic rings. The fraction of sp³-hybridized carbons (Fsp3) is 0.500. The van der Waals surface area contributed by atoms with Crippen LogP contribution in [0.4, 0.5) is 0 Å². The molecule has 2 heteroatoms. The summed E-state index contributed by atoms with van der Waals surface area (Å²) in [5, 5.41) is 3.61. The maximum atomic E-state index is 3.61. The van der Waals surface area contributed by atoms with E-state index in [0.29, 0.717) is 0 Å². The van der Waals surface area contributed by atoms with Crippen molar-refractivity contribution in [1.29, 1.82) is 0 Å². The Morgan fingerprint density at radius 3 is 2.79 bits per heavy atom. The Bertz CT molecular complexity index is 278. The van der Waals surface area contributed by atoms with Gasteiger partial charge in [0.25, 0.3) is 0 Å². The third-order valence-corrected chi connectivity index (χ3v) is 4.04. The summed E-state index contributed by atoms with van der Waals surface area (Å²) in [5.41, 5.74) is 1.43. The van der Waals surface area contributed by atoms with Gasteiger partial charge >= 0.3 is 0 Å². The lowest BCUT2D eigenvalue weighted by molar-refractivity contribution is 0.483. The lowest BCUT2D eigenvalue weighted by Gasteiger charge is -2.34. The van der Waals surface area contributed by atoms with Gasteiger partial charge < -0.3 is 5.32 Å². The van der Waals surface area contributed by atoms with Gasteiger partial charge in [0.05, 0.1) is 4.87 Å². The summed E-state index contributed by atoms with van der Waals surface area (Å²) in [5.74, 6) is 1.29. The first-order chi connectivity index (χ1) is 6.79. The second kappa shape index (κ2) is 4.37. The minimum Gasteiger partial charge on any atom is -0.303 e. The van der Waals surface area contributed by atoms with Crippen molar-refractivity contribution in [2.45, 2.75) is 24.6 Å². The van der Waals surface area contributed by atoms with Crippen LogP contribution in [0.5, 0.6) is 0 Å². The highest BCUT2D eigenvalue weighted by molar-refractivity contribution is 8.00. The van der Waals surface area contributed by atoms with Crippen molar-refractivity contribution < 1.29 is 0 Å². The molecule has 0 aromatic heterocycles. The van der Waals surface area contributed by atoms with E-state index in [1.807, 2.05) is 11.8 Å². The minimum absolute atomic E-state index is 0.250. The van der Waals surface area contributed by atoms with E-state index in [9.17, 15) is 0 Å². The van der Waals surface area contributed by atoms with Gasteiger partial charge in [-0.05, 0) is 37.6 Å². The predicted octanol–water partition coefficient (Wildman–Crippen LogP) is 2.67. The summed E-state index contributed by atoms with van der Waals surface area (Å²) in [4.78, 5) is 0.250. The van der Waals surface area contributed by atoms with E-state index in [2.05, 4.69) is 42.6 Å². The largest absolute Gasteiger partial charge is 0.303 e. The summed E-state index contributed by atoms with van der Waals surface area (Å²) in [6, 6.07) is 10.7. The third kappa shape index (κ3) is 2.52. The summed E-state index contributed by atoms with van der Waals surface area (Å²) in [7, 11) is 0. The van der Waals surface area contributed by atoms with Crippen LogP contribution in [0.1, 0.15) is 18.9 Å². The van der Waals surface area contributed by atoms with E-state index in [0.717, 1.165) is 13.0 Å². The van der Waals surface area contributed by atoms with E-state index in [-0.39, 0.29) is 4.87 Å². The number of rotatable bonds is 2. The molecule has 1 atom stereocenters. The van der Waals surface area contributed by atoms with Gasteiger partial charge in [-0.25, -0.2) is 0 Å². The number of benzene rings is 1. The fourth-order valence-corrected chi connectivity index (χ4v) is 3.08. The van der Waals surface area contributed by atoms with Crippen LogP contribution in [-0.2, 0) is 6.42 Å². The Kier molecular flexibility index (Phi) is 3.14. The first-order valence-electron chi connectivity index (χ1n) is 5.21. The Morgan fingerprint density at radius 2 is 2.14 bits per heavy atom. The Labute approximate surface area is 90.3 Å². The molecule has 0 radical (unpaired) electrons. The van der Waals surface area contributed by atoms with E-state index in [4.69, 9.17) is 0 Å². The van der Waals surface area contributed by atoms with Gasteiger partial charge in [-0.1, -0.05) is 30.3 Å². The maximum Gasteiger partial charge on any atom is 0.0657 e. The lowest BCUT2D eigenvalue weighted by atomic mass is 10.1. The molecule has 1 nitrogen and oxygen atoms in total. The zero-order valence-electron chi connectivity index (χ0n) is 8.62. The molecule has 1 N–H and O–H groups in total. The van der Waals surface area contributed by atoms with Crippen LogP contribution in [0.25, 0.3) is 0 Å². The summed E-state index contributed by atoms with van der Waals surface area (Å²) < 4.78 is 0. The molecule has 1 unspecified atom stereocenters. The molecule has 14 heavy (non-hydrogen) atoms. The van der Waals surface area contributed by atoms with Crippen LogP contribution < -0.4 is 5.32 Å². The first kappa shape index (κ1) is 10.1. The summed E-state index contributed by atoms with van der Waals surface area (Å²) in [6.45, 7) is 3.47. The number of thioether (sulfide) groups is 1. The van der Waals surface area contributed by atoms with Crippen molar-refractivity contribution in [3.8, 4) is 0 Å². The van der Waals surface area contributed by atoms with E-state index in [1.165, 1.54) is 17.7 Å². The normalized spacial score (nSPS) is 27.5. The van der Waals surface area contributed by atoms with Crippen LogP contribution in [0.15, 0.2) is 30.3 Å². The van der Waals surface area contributed by atoms with Crippen LogP contribution in [0, 0.1) is 0 Å². The topological polar surface area (TPSA) is 12.0 Å². The molecule has 0 aliphatic carbocycles. The standard InChI is InChI=1S/C12H17NS/c1-12(13-8-5-9-14-12)10-11-6-3-2-4-7-11/h2-4,6-7,13H,5,8-10H2,1H3. The van der Waals surface area contributed by atoms with Gasteiger partial charge in [0.15, 0.2) is 0 Å². The second-order valence-corrected chi connectivity index (χ2v) is 5.62. The van der Waals surface area contributed by atoms with Crippen molar-refractivity contribution in [2.24, 2.45) is 0 Å².